The summed E-state index contributed by atoms with van der Waals surface area (Å²) in [7, 11) is 0. The van der Waals surface area contributed by atoms with Gasteiger partial charge in [0.2, 0.25) is 5.91 Å². The highest BCUT2D eigenvalue weighted by Gasteiger charge is 2.53. The lowest BCUT2D eigenvalue weighted by Crippen LogP contribution is -2.63. The molecule has 6 N–H and O–H groups in total. The van der Waals surface area contributed by atoms with Crippen molar-refractivity contribution in [3.63, 3.8) is 0 Å². The van der Waals surface area contributed by atoms with E-state index in [1.807, 2.05) is 29.3 Å². The van der Waals surface area contributed by atoms with Crippen molar-refractivity contribution in [3.05, 3.63) is 92.9 Å². The second-order valence-corrected chi connectivity index (χ2v) is 15.9. The molecule has 0 saturated carbocycles. The Bertz CT molecular complexity index is 2280. The summed E-state index contributed by atoms with van der Waals surface area (Å²) in [6.45, 7) is 1.22. The van der Waals surface area contributed by atoms with Gasteiger partial charge in [-0.3, -0.25) is 19.6 Å². The van der Waals surface area contributed by atoms with Gasteiger partial charge >= 0.3 is 0 Å². The standard InChI is InChI=1S/C41H45N5O11/c1-22-11-31(48)27-12-25-13-34(57-54-20-33(50)41(53,39(52)32(49)19-47)21-45-10-6-28-30(45)5-9-42-28)40(7-2-3-23(15-40)26-14-35(51)44-16-26)56-37(25)36(38(27)55-22)46-17-24-4-8-43-29(24)18-46/h2-6,8-9,11-12,18,23,26,32-34,39,47,49-50,52-53H,7,10,13-17,19-21H2,1H3,(H,44,51)/t23-,26+,32-,33+,34-,39-,40-,41-/m1/s1. The molecule has 1 aromatic carbocycles. The normalized spacial score (nSPS) is 28.4. The molecule has 0 radical (unpaired) electrons. The molecule has 300 valence electrons. The Labute approximate surface area is 327 Å². The number of hydrogen-bond acceptors (Lipinski definition) is 15. The van der Waals surface area contributed by atoms with Crippen molar-refractivity contribution in [1.29, 1.82) is 0 Å². The Morgan fingerprint density at radius 1 is 1.12 bits per heavy atom. The SMILES string of the molecule is Cc1cc(=O)c2cc3c(c(N4C=C5N=CC=C5C4)c2o1)O[C@@]1(CC=C[C@@H]([C@@H]2CNC(=O)C2)C1)[C@H](OOC[C@H](O)[C@](O)(CN1CC=C2N=CC=C21)[C@H](O)[C@H](O)CO)C3. The van der Waals surface area contributed by atoms with E-state index in [-0.39, 0.29) is 36.1 Å². The number of benzene rings is 1. The van der Waals surface area contributed by atoms with E-state index in [2.05, 4.69) is 21.4 Å². The van der Waals surface area contributed by atoms with E-state index in [0.717, 1.165) is 11.3 Å². The van der Waals surface area contributed by atoms with Crippen molar-refractivity contribution >= 4 is 35.0 Å². The topological polar surface area (TPSA) is 219 Å². The van der Waals surface area contributed by atoms with E-state index in [0.29, 0.717) is 84.0 Å². The predicted octanol–water partition coefficient (Wildman–Crippen LogP) is 0.840. The van der Waals surface area contributed by atoms with Gasteiger partial charge in [-0.2, -0.15) is 0 Å². The average Bonchev–Trinajstić information content (AvgIpc) is 4.04. The number of anilines is 1. The first-order valence-corrected chi connectivity index (χ1v) is 19.3. The highest BCUT2D eigenvalue weighted by molar-refractivity contribution is 5.96. The van der Waals surface area contributed by atoms with Gasteiger partial charge in [0, 0.05) is 68.2 Å². The number of aliphatic hydroxyl groups is 5. The third-order valence-electron chi connectivity index (χ3n) is 12.3. The fraction of sp³-hybridized carbons (Fsp3) is 0.463. The van der Waals surface area contributed by atoms with Gasteiger partial charge in [-0.15, -0.1) is 0 Å². The van der Waals surface area contributed by atoms with Crippen LogP contribution in [0, 0.1) is 18.8 Å². The van der Waals surface area contributed by atoms with Gasteiger partial charge < -0.3 is 49.8 Å². The first-order valence-electron chi connectivity index (χ1n) is 19.3. The number of nitrogens with one attached hydrogen (secondary N) is 1. The summed E-state index contributed by atoms with van der Waals surface area (Å²) >= 11 is 0. The van der Waals surface area contributed by atoms with E-state index in [4.69, 9.17) is 18.9 Å². The first-order chi connectivity index (χ1) is 27.5. The molecule has 57 heavy (non-hydrogen) atoms. The number of rotatable bonds is 12. The van der Waals surface area contributed by atoms with Crippen LogP contribution in [0.15, 0.2) is 90.6 Å². The monoisotopic (exact) mass is 783 g/mol. The molecule has 0 unspecified atom stereocenters. The van der Waals surface area contributed by atoms with Crippen molar-refractivity contribution in [1.82, 2.24) is 10.2 Å². The second kappa shape index (κ2) is 14.5. The van der Waals surface area contributed by atoms with E-state index < -0.39 is 48.8 Å². The number of aryl methyl sites for hydroxylation is 1. The molecule has 6 aliphatic heterocycles. The molecule has 8 atom stereocenters. The summed E-state index contributed by atoms with van der Waals surface area (Å²) < 4.78 is 13.5. The smallest absolute Gasteiger partial charge is 0.220 e. The number of ether oxygens (including phenoxy) is 1. The Morgan fingerprint density at radius 3 is 2.74 bits per heavy atom. The molecule has 7 aliphatic rings. The second-order valence-electron chi connectivity index (χ2n) is 15.9. The fourth-order valence-electron chi connectivity index (χ4n) is 9.14. The number of allylic oxidation sites excluding steroid dienone is 3. The van der Waals surface area contributed by atoms with Gasteiger partial charge in [0.05, 0.1) is 42.2 Å². The van der Waals surface area contributed by atoms with Crippen LogP contribution in [0.4, 0.5) is 5.69 Å². The van der Waals surface area contributed by atoms with Crippen molar-refractivity contribution in [2.75, 3.05) is 44.3 Å². The molecule has 16 nitrogen and oxygen atoms in total. The van der Waals surface area contributed by atoms with Gasteiger partial charge in [-0.05, 0) is 49.5 Å². The zero-order valence-electron chi connectivity index (χ0n) is 31.3. The van der Waals surface area contributed by atoms with Crippen molar-refractivity contribution in [2.45, 2.75) is 68.2 Å². The number of nitrogens with zero attached hydrogens (tertiary/aromatic N) is 4. The molecule has 2 aromatic rings. The van der Waals surface area contributed by atoms with Crippen molar-refractivity contribution in [2.24, 2.45) is 21.8 Å². The summed E-state index contributed by atoms with van der Waals surface area (Å²) in [4.78, 5) is 50.3. The summed E-state index contributed by atoms with van der Waals surface area (Å²) in [6.07, 6.45) is 9.93. The summed E-state index contributed by atoms with van der Waals surface area (Å²) in [5, 5.41) is 57.9. The van der Waals surface area contributed by atoms with Crippen LogP contribution in [0.1, 0.15) is 30.6 Å². The minimum atomic E-state index is -2.39. The van der Waals surface area contributed by atoms with Crippen LogP contribution < -0.4 is 20.4 Å². The van der Waals surface area contributed by atoms with E-state index in [1.165, 1.54) is 6.07 Å². The fourth-order valence-corrected chi connectivity index (χ4v) is 9.14. The number of aliphatic imine (C=N–C) groups is 2. The highest BCUT2D eigenvalue weighted by atomic mass is 17.2. The Hall–Kier alpha value is -4.94. The van der Waals surface area contributed by atoms with E-state index in [9.17, 15) is 35.1 Å². The number of hydrogen-bond donors (Lipinski definition) is 6. The zero-order chi connectivity index (χ0) is 39.6. The van der Waals surface area contributed by atoms with Crippen LogP contribution >= 0.6 is 0 Å². The number of carbonyl (C=O) groups excluding carboxylic acids is 1. The predicted molar refractivity (Wildman–Crippen MR) is 206 cm³/mol. The lowest BCUT2D eigenvalue weighted by atomic mass is 9.71. The Balaban J connectivity index is 1.04. The molecule has 1 amide bonds. The van der Waals surface area contributed by atoms with Gasteiger partial charge in [0.1, 0.15) is 53.7 Å². The molecule has 1 saturated heterocycles. The van der Waals surface area contributed by atoms with Crippen molar-refractivity contribution in [3.8, 4) is 5.75 Å². The minimum Gasteiger partial charge on any atom is -0.481 e. The molecular formula is C41H45N5O11. The third-order valence-corrected chi connectivity index (χ3v) is 12.3. The first kappa shape index (κ1) is 37.6. The van der Waals surface area contributed by atoms with Crippen LogP contribution in [0.2, 0.25) is 0 Å². The maximum Gasteiger partial charge on any atom is 0.220 e. The number of fused-ring (bicyclic) bond motifs is 4. The molecule has 1 aliphatic carbocycles. The lowest BCUT2D eigenvalue weighted by molar-refractivity contribution is -0.367. The maximum absolute atomic E-state index is 13.5. The van der Waals surface area contributed by atoms with Gasteiger partial charge in [0.25, 0.3) is 0 Å². The van der Waals surface area contributed by atoms with Gasteiger partial charge in [-0.1, -0.05) is 12.2 Å². The molecule has 1 fully saturated rings. The van der Waals surface area contributed by atoms with E-state index in [1.54, 1.807) is 36.4 Å². The molecule has 1 aromatic heterocycles. The van der Waals surface area contributed by atoms with Gasteiger partial charge in [-0.25, -0.2) is 9.78 Å². The Morgan fingerprint density at radius 2 is 1.95 bits per heavy atom. The van der Waals surface area contributed by atoms with Crippen LogP contribution in [-0.2, 0) is 21.0 Å². The minimum absolute atomic E-state index is 0.0129. The molecule has 9 rings (SSSR count). The lowest BCUT2D eigenvalue weighted by Gasteiger charge is -2.48. The summed E-state index contributed by atoms with van der Waals surface area (Å²) in [5.74, 6) is 0.892. The molecule has 1 spiro atoms. The van der Waals surface area contributed by atoms with Crippen molar-refractivity contribution < 1.29 is 49.3 Å². The Kier molecular flexibility index (Phi) is 9.55. The average molecular weight is 784 g/mol. The maximum atomic E-state index is 13.5. The van der Waals surface area contributed by atoms with E-state index >= 15 is 0 Å². The molecule has 0 bridgehead atoms. The summed E-state index contributed by atoms with van der Waals surface area (Å²) in [5.41, 5.74) is 1.13. The molecule has 7 heterocycles. The van der Waals surface area contributed by atoms with Gasteiger partial charge in [0.15, 0.2) is 16.8 Å². The number of amides is 1. The number of aliphatic hydroxyl groups excluding tert-OH is 4. The summed E-state index contributed by atoms with van der Waals surface area (Å²) in [6, 6.07) is 3.19. The van der Waals surface area contributed by atoms with Crippen LogP contribution in [0.3, 0.4) is 0 Å². The van der Waals surface area contributed by atoms with Crippen LogP contribution in [0.25, 0.3) is 11.0 Å². The molecule has 16 heteroatoms. The highest BCUT2D eigenvalue weighted by Crippen LogP contribution is 2.51. The largest absolute Gasteiger partial charge is 0.481 e. The molecular weight excluding hydrogens is 738 g/mol. The number of carbonyl (C=O) groups is 1. The number of β-amino-alcohol motifs (C(OH)–C–C–N with tert-alkyl or cyclic N) is 1. The zero-order valence-corrected chi connectivity index (χ0v) is 31.3. The van der Waals surface area contributed by atoms with Crippen LogP contribution in [0.5, 0.6) is 5.75 Å². The quantitative estimate of drug-likeness (QED) is 0.100. The van der Waals surface area contributed by atoms with Crippen LogP contribution in [-0.4, -0.2) is 124 Å². The third kappa shape index (κ3) is 6.54.